The molecule has 1 aromatic heterocycles. The first-order chi connectivity index (χ1) is 8.65. The number of hydrogen-bond donors (Lipinski definition) is 0. The van der Waals surface area contributed by atoms with Crippen molar-refractivity contribution in [2.75, 3.05) is 6.61 Å². The van der Waals surface area contributed by atoms with Gasteiger partial charge in [-0.1, -0.05) is 6.07 Å². The fraction of sp³-hybridized carbons (Fsp3) is 0.167. The van der Waals surface area contributed by atoms with Gasteiger partial charge in [0.1, 0.15) is 23.6 Å². The van der Waals surface area contributed by atoms with Crippen LogP contribution in [0.1, 0.15) is 17.4 Å². The molecule has 0 aliphatic heterocycles. The van der Waals surface area contributed by atoms with Crippen molar-refractivity contribution < 1.29 is 18.3 Å². The van der Waals surface area contributed by atoms with Gasteiger partial charge in [-0.25, -0.2) is 18.6 Å². The SMILES string of the molecule is CCOC(=O)c1cncn1-c1c(F)cccc1F. The quantitative estimate of drug-likeness (QED) is 0.787. The molecule has 0 unspecified atom stereocenters. The van der Waals surface area contributed by atoms with E-state index in [-0.39, 0.29) is 18.0 Å². The van der Waals surface area contributed by atoms with Gasteiger partial charge < -0.3 is 4.74 Å². The van der Waals surface area contributed by atoms with Crippen LogP contribution in [0, 0.1) is 11.6 Å². The molecule has 0 aliphatic carbocycles. The molecule has 0 fully saturated rings. The predicted molar refractivity (Wildman–Crippen MR) is 59.4 cm³/mol. The van der Waals surface area contributed by atoms with Crippen molar-refractivity contribution in [3.05, 3.63) is 48.1 Å². The molecule has 2 aromatic rings. The Labute approximate surface area is 102 Å². The van der Waals surface area contributed by atoms with Gasteiger partial charge in [0, 0.05) is 0 Å². The Bertz CT molecular complexity index is 561. The van der Waals surface area contributed by atoms with Gasteiger partial charge in [-0.15, -0.1) is 0 Å². The molecule has 6 heteroatoms. The minimum atomic E-state index is -0.779. The van der Waals surface area contributed by atoms with E-state index in [0.29, 0.717) is 0 Å². The Morgan fingerprint density at radius 2 is 2.06 bits per heavy atom. The highest BCUT2D eigenvalue weighted by molar-refractivity contribution is 5.88. The Morgan fingerprint density at radius 1 is 1.39 bits per heavy atom. The lowest BCUT2D eigenvalue weighted by atomic mass is 10.2. The second-order valence-electron chi connectivity index (χ2n) is 3.44. The summed E-state index contributed by atoms with van der Waals surface area (Å²) in [7, 11) is 0. The van der Waals surface area contributed by atoms with Crippen LogP contribution in [0.3, 0.4) is 0 Å². The third-order valence-electron chi connectivity index (χ3n) is 2.30. The summed E-state index contributed by atoms with van der Waals surface area (Å²) >= 11 is 0. The number of para-hydroxylation sites is 1. The predicted octanol–water partition coefficient (Wildman–Crippen LogP) is 2.33. The number of rotatable bonds is 3. The van der Waals surface area contributed by atoms with Crippen LogP contribution in [0.2, 0.25) is 0 Å². The lowest BCUT2D eigenvalue weighted by Gasteiger charge is -2.09. The molecule has 0 saturated heterocycles. The van der Waals surface area contributed by atoms with Crippen LogP contribution in [0.25, 0.3) is 5.69 Å². The molecule has 94 valence electrons. The minimum Gasteiger partial charge on any atom is -0.461 e. The molecule has 0 saturated carbocycles. The summed E-state index contributed by atoms with van der Waals surface area (Å²) in [4.78, 5) is 15.3. The number of carbonyl (C=O) groups excluding carboxylic acids is 1. The Balaban J connectivity index is 2.52. The van der Waals surface area contributed by atoms with Crippen molar-refractivity contribution >= 4 is 5.97 Å². The van der Waals surface area contributed by atoms with E-state index >= 15 is 0 Å². The van der Waals surface area contributed by atoms with E-state index in [9.17, 15) is 13.6 Å². The van der Waals surface area contributed by atoms with E-state index in [1.165, 1.54) is 12.3 Å². The van der Waals surface area contributed by atoms with Crippen molar-refractivity contribution in [3.8, 4) is 5.69 Å². The standard InChI is InChI=1S/C12H10F2N2O2/c1-2-18-12(17)10-6-15-7-16(10)11-8(13)4-3-5-9(11)14/h3-7H,2H2,1H3. The van der Waals surface area contributed by atoms with Crippen molar-refractivity contribution in [2.24, 2.45) is 0 Å². The first kappa shape index (κ1) is 12.2. The summed E-state index contributed by atoms with van der Waals surface area (Å²) < 4.78 is 33.0. The van der Waals surface area contributed by atoms with Gasteiger partial charge in [0.05, 0.1) is 12.8 Å². The van der Waals surface area contributed by atoms with Gasteiger partial charge in [0.15, 0.2) is 5.69 Å². The van der Waals surface area contributed by atoms with Crippen LogP contribution < -0.4 is 0 Å². The third kappa shape index (κ3) is 2.09. The average Bonchev–Trinajstić information content (AvgIpc) is 2.78. The van der Waals surface area contributed by atoms with Gasteiger partial charge >= 0.3 is 5.97 Å². The summed E-state index contributed by atoms with van der Waals surface area (Å²) in [6.07, 6.45) is 2.36. The van der Waals surface area contributed by atoms with Crippen molar-refractivity contribution in [1.82, 2.24) is 9.55 Å². The monoisotopic (exact) mass is 252 g/mol. The number of hydrogen-bond acceptors (Lipinski definition) is 3. The molecule has 18 heavy (non-hydrogen) atoms. The second kappa shape index (κ2) is 4.95. The molecule has 0 aliphatic rings. The zero-order valence-corrected chi connectivity index (χ0v) is 9.56. The lowest BCUT2D eigenvalue weighted by molar-refractivity contribution is 0.0517. The minimum absolute atomic E-state index is 0.0270. The molecule has 0 amide bonds. The number of ether oxygens (including phenoxy) is 1. The largest absolute Gasteiger partial charge is 0.461 e. The van der Waals surface area contributed by atoms with Crippen molar-refractivity contribution in [3.63, 3.8) is 0 Å². The number of benzene rings is 1. The van der Waals surface area contributed by atoms with Gasteiger partial charge in [-0.2, -0.15) is 0 Å². The van der Waals surface area contributed by atoms with Crippen LogP contribution in [-0.4, -0.2) is 22.1 Å². The fourth-order valence-corrected chi connectivity index (χ4v) is 1.55. The maximum Gasteiger partial charge on any atom is 0.356 e. The molecular weight excluding hydrogens is 242 g/mol. The Morgan fingerprint density at radius 3 is 2.67 bits per heavy atom. The van der Waals surface area contributed by atoms with Crippen LogP contribution in [0.4, 0.5) is 8.78 Å². The maximum absolute atomic E-state index is 13.6. The van der Waals surface area contributed by atoms with Gasteiger partial charge in [0.2, 0.25) is 0 Å². The zero-order chi connectivity index (χ0) is 13.1. The number of imidazole rings is 1. The van der Waals surface area contributed by atoms with Crippen LogP contribution in [0.15, 0.2) is 30.7 Å². The molecule has 1 heterocycles. The van der Waals surface area contributed by atoms with Crippen LogP contribution >= 0.6 is 0 Å². The van der Waals surface area contributed by atoms with Gasteiger partial charge in [-0.05, 0) is 19.1 Å². The van der Waals surface area contributed by atoms with E-state index in [4.69, 9.17) is 4.74 Å². The van der Waals surface area contributed by atoms with Crippen LogP contribution in [0.5, 0.6) is 0 Å². The second-order valence-corrected chi connectivity index (χ2v) is 3.44. The number of nitrogens with zero attached hydrogens (tertiary/aromatic N) is 2. The fourth-order valence-electron chi connectivity index (χ4n) is 1.55. The van der Waals surface area contributed by atoms with E-state index < -0.39 is 17.6 Å². The summed E-state index contributed by atoms with van der Waals surface area (Å²) in [5, 5.41) is 0. The average molecular weight is 252 g/mol. The Kier molecular flexibility index (Phi) is 3.36. The highest BCUT2D eigenvalue weighted by Gasteiger charge is 2.18. The number of esters is 1. The smallest absolute Gasteiger partial charge is 0.356 e. The lowest BCUT2D eigenvalue weighted by Crippen LogP contribution is -2.12. The number of aromatic nitrogens is 2. The van der Waals surface area contributed by atoms with Crippen molar-refractivity contribution in [2.45, 2.75) is 6.92 Å². The van der Waals surface area contributed by atoms with Crippen LogP contribution in [-0.2, 0) is 4.74 Å². The topological polar surface area (TPSA) is 44.1 Å². The first-order valence-electron chi connectivity index (χ1n) is 5.29. The van der Waals surface area contributed by atoms with E-state index in [0.717, 1.165) is 23.0 Å². The highest BCUT2D eigenvalue weighted by Crippen LogP contribution is 2.19. The van der Waals surface area contributed by atoms with E-state index in [1.807, 2.05) is 0 Å². The van der Waals surface area contributed by atoms with Crippen molar-refractivity contribution in [1.29, 1.82) is 0 Å². The summed E-state index contributed by atoms with van der Waals surface area (Å²) in [6.45, 7) is 1.81. The third-order valence-corrected chi connectivity index (χ3v) is 2.30. The van der Waals surface area contributed by atoms with Gasteiger partial charge in [0.25, 0.3) is 0 Å². The van der Waals surface area contributed by atoms with Gasteiger partial charge in [-0.3, -0.25) is 4.57 Å². The number of carbonyl (C=O) groups is 1. The Hall–Kier alpha value is -2.24. The molecular formula is C12H10F2N2O2. The molecule has 0 N–H and O–H groups in total. The molecule has 0 spiro atoms. The normalized spacial score (nSPS) is 10.4. The summed E-state index contributed by atoms with van der Waals surface area (Å²) in [5.41, 5.74) is -0.376. The van der Waals surface area contributed by atoms with E-state index in [2.05, 4.69) is 4.98 Å². The van der Waals surface area contributed by atoms with E-state index in [1.54, 1.807) is 6.92 Å². The molecule has 4 nitrogen and oxygen atoms in total. The molecule has 1 aromatic carbocycles. The molecule has 0 atom stereocenters. The molecule has 0 radical (unpaired) electrons. The number of halogens is 2. The summed E-state index contributed by atoms with van der Waals surface area (Å²) in [6, 6.07) is 3.45. The molecule has 0 bridgehead atoms. The first-order valence-corrected chi connectivity index (χ1v) is 5.29. The highest BCUT2D eigenvalue weighted by atomic mass is 19.1. The maximum atomic E-state index is 13.6. The molecule has 2 rings (SSSR count). The zero-order valence-electron chi connectivity index (χ0n) is 9.56. The summed E-state index contributed by atoms with van der Waals surface area (Å²) in [5.74, 6) is -2.24.